The molecule has 1 aromatic heterocycles. The van der Waals surface area contributed by atoms with Gasteiger partial charge in [-0.25, -0.2) is 4.79 Å². The third kappa shape index (κ3) is 4.18. The molecule has 1 heterocycles. The van der Waals surface area contributed by atoms with Crippen LogP contribution in [0, 0.1) is 17.0 Å². The molecule has 0 saturated heterocycles. The summed E-state index contributed by atoms with van der Waals surface area (Å²) in [7, 11) is 1.46. The third-order valence-corrected chi connectivity index (χ3v) is 4.27. The van der Waals surface area contributed by atoms with Crippen LogP contribution in [0.2, 0.25) is 0 Å². The highest BCUT2D eigenvalue weighted by molar-refractivity contribution is 5.55. The van der Waals surface area contributed by atoms with Crippen LogP contribution in [0.4, 0.5) is 5.69 Å². The molecule has 7 nitrogen and oxygen atoms in total. The Morgan fingerprint density at radius 1 is 1.35 bits per heavy atom. The van der Waals surface area contributed by atoms with Crippen LogP contribution < -0.4 is 10.4 Å². The van der Waals surface area contributed by atoms with Gasteiger partial charge in [0.25, 0.3) is 5.69 Å². The van der Waals surface area contributed by atoms with Crippen LogP contribution >= 0.6 is 0 Å². The summed E-state index contributed by atoms with van der Waals surface area (Å²) in [4.78, 5) is 22.1. The zero-order chi connectivity index (χ0) is 19.4. The van der Waals surface area contributed by atoms with Crippen molar-refractivity contribution in [1.82, 2.24) is 0 Å². The second-order valence-electron chi connectivity index (χ2n) is 6.10. The molecular weight excluding hydrogens is 338 g/mol. The van der Waals surface area contributed by atoms with Gasteiger partial charge in [-0.15, -0.1) is 0 Å². The average Bonchev–Trinajstić information content (AvgIpc) is 2.62. The van der Waals surface area contributed by atoms with E-state index in [9.17, 15) is 20.0 Å². The van der Waals surface area contributed by atoms with E-state index in [0.717, 1.165) is 5.56 Å². The third-order valence-electron chi connectivity index (χ3n) is 4.27. The summed E-state index contributed by atoms with van der Waals surface area (Å²) in [6, 6.07) is 7.61. The van der Waals surface area contributed by atoms with Gasteiger partial charge >= 0.3 is 5.63 Å². The molecule has 0 amide bonds. The van der Waals surface area contributed by atoms with Gasteiger partial charge in [0.2, 0.25) is 0 Å². The van der Waals surface area contributed by atoms with Crippen molar-refractivity contribution in [1.29, 1.82) is 0 Å². The van der Waals surface area contributed by atoms with Gasteiger partial charge < -0.3 is 14.3 Å². The van der Waals surface area contributed by atoms with Gasteiger partial charge in [0.05, 0.1) is 23.7 Å². The quantitative estimate of drug-likeness (QED) is 0.626. The first-order valence-corrected chi connectivity index (χ1v) is 8.04. The van der Waals surface area contributed by atoms with E-state index in [0.29, 0.717) is 22.6 Å². The van der Waals surface area contributed by atoms with Gasteiger partial charge in [-0.05, 0) is 37.1 Å². The first-order valence-electron chi connectivity index (χ1n) is 8.04. The molecule has 26 heavy (non-hydrogen) atoms. The highest BCUT2D eigenvalue weighted by Crippen LogP contribution is 2.28. The fourth-order valence-corrected chi connectivity index (χ4v) is 2.58. The van der Waals surface area contributed by atoms with E-state index >= 15 is 0 Å². The number of rotatable bonds is 6. The van der Waals surface area contributed by atoms with Crippen LogP contribution in [-0.4, -0.2) is 23.2 Å². The number of hydrogen-bond donors (Lipinski definition) is 1. The molecule has 138 valence electrons. The number of methoxy groups -OCH3 is 1. The largest absolute Gasteiger partial charge is 0.496 e. The minimum absolute atomic E-state index is 0.00208. The number of nitrogens with zero attached hydrogens (tertiary/aromatic N) is 1. The smallest absolute Gasteiger partial charge is 0.342 e. The first kappa shape index (κ1) is 19.4. The summed E-state index contributed by atoms with van der Waals surface area (Å²) in [5, 5.41) is 21.3. The van der Waals surface area contributed by atoms with E-state index < -0.39 is 22.6 Å². The Kier molecular flexibility index (Phi) is 5.94. The second-order valence-corrected chi connectivity index (χ2v) is 6.10. The van der Waals surface area contributed by atoms with Gasteiger partial charge in [-0.3, -0.25) is 10.1 Å². The lowest BCUT2D eigenvalue weighted by Gasteiger charge is -2.19. The Morgan fingerprint density at radius 3 is 2.50 bits per heavy atom. The molecule has 0 spiro atoms. The number of nitro benzene ring substituents is 1. The van der Waals surface area contributed by atoms with Crippen LogP contribution in [0.15, 0.2) is 45.1 Å². The lowest BCUT2D eigenvalue weighted by atomic mass is 9.94. The van der Waals surface area contributed by atoms with E-state index in [2.05, 4.69) is 0 Å². The number of hydrogen-bond acceptors (Lipinski definition) is 6. The summed E-state index contributed by atoms with van der Waals surface area (Å²) >= 11 is 0. The minimum atomic E-state index is -0.902. The molecule has 2 rings (SSSR count). The topological polar surface area (TPSA) is 103 Å². The Balaban J connectivity index is 2.26. The molecular formula is C19H21NO6. The lowest BCUT2D eigenvalue weighted by molar-refractivity contribution is -0.384. The molecule has 2 atom stereocenters. The SMILES string of the molecule is COc1cc(C(C)C(O)/C(C)=C/c2ccc([N+](=O)[O-])cc2)oc(=O)c1C. The number of ether oxygens (including phenoxy) is 1. The van der Waals surface area contributed by atoms with Gasteiger partial charge in [0.1, 0.15) is 11.5 Å². The maximum absolute atomic E-state index is 11.9. The van der Waals surface area contributed by atoms with Gasteiger partial charge in [-0.2, -0.15) is 0 Å². The molecule has 0 fully saturated rings. The average molecular weight is 359 g/mol. The van der Waals surface area contributed by atoms with E-state index in [-0.39, 0.29) is 5.69 Å². The van der Waals surface area contributed by atoms with E-state index in [1.165, 1.54) is 19.2 Å². The standard InChI is InChI=1S/C19H21NO6/c1-11(9-14-5-7-15(8-6-14)20(23)24)18(21)12(2)17-10-16(25-4)13(3)19(22)26-17/h5-10,12,18,21H,1-4H3/b11-9+. The van der Waals surface area contributed by atoms with Crippen molar-refractivity contribution in [2.24, 2.45) is 0 Å². The highest BCUT2D eigenvalue weighted by Gasteiger charge is 2.22. The van der Waals surface area contributed by atoms with Crippen LogP contribution in [0.5, 0.6) is 5.75 Å². The van der Waals surface area contributed by atoms with Crippen molar-refractivity contribution in [3.8, 4) is 5.75 Å². The Bertz CT molecular complexity index is 882. The normalized spacial score (nSPS) is 14.0. The number of aliphatic hydroxyl groups is 1. The molecule has 2 unspecified atom stereocenters. The predicted octanol–water partition coefficient (Wildman–Crippen LogP) is 3.43. The fourth-order valence-electron chi connectivity index (χ4n) is 2.58. The van der Waals surface area contributed by atoms with Crippen molar-refractivity contribution in [2.45, 2.75) is 32.8 Å². The van der Waals surface area contributed by atoms with Crippen LogP contribution in [0.1, 0.15) is 36.7 Å². The summed E-state index contributed by atoms with van der Waals surface area (Å²) in [5.41, 5.74) is 1.23. The van der Waals surface area contributed by atoms with E-state index in [1.807, 2.05) is 0 Å². The molecule has 7 heteroatoms. The van der Waals surface area contributed by atoms with Crippen molar-refractivity contribution in [3.05, 3.63) is 73.3 Å². The van der Waals surface area contributed by atoms with E-state index in [1.54, 1.807) is 45.0 Å². The summed E-state index contributed by atoms with van der Waals surface area (Å²) in [6.07, 6.45) is 0.828. The predicted molar refractivity (Wildman–Crippen MR) is 97.4 cm³/mol. The maximum Gasteiger partial charge on any atom is 0.342 e. The van der Waals surface area contributed by atoms with Gasteiger partial charge in [0.15, 0.2) is 0 Å². The summed E-state index contributed by atoms with van der Waals surface area (Å²) in [5.74, 6) is 0.250. The van der Waals surface area contributed by atoms with E-state index in [4.69, 9.17) is 9.15 Å². The molecule has 0 aliphatic carbocycles. The Labute approximate surface area is 150 Å². The van der Waals surface area contributed by atoms with Crippen molar-refractivity contribution in [2.75, 3.05) is 7.11 Å². The Hall–Kier alpha value is -2.93. The number of nitro groups is 1. The molecule has 1 N–H and O–H groups in total. The van der Waals surface area contributed by atoms with Crippen molar-refractivity contribution >= 4 is 11.8 Å². The zero-order valence-corrected chi connectivity index (χ0v) is 15.1. The minimum Gasteiger partial charge on any atom is -0.496 e. The number of non-ortho nitro benzene ring substituents is 1. The molecule has 0 aliphatic heterocycles. The van der Waals surface area contributed by atoms with Crippen LogP contribution in [-0.2, 0) is 0 Å². The zero-order valence-electron chi connectivity index (χ0n) is 15.1. The Morgan fingerprint density at radius 2 is 1.96 bits per heavy atom. The molecule has 1 aromatic carbocycles. The summed E-state index contributed by atoms with van der Waals surface area (Å²) in [6.45, 7) is 5.09. The molecule has 0 aliphatic rings. The molecule has 0 bridgehead atoms. The monoisotopic (exact) mass is 359 g/mol. The first-order chi connectivity index (χ1) is 12.2. The fraction of sp³-hybridized carbons (Fsp3) is 0.316. The van der Waals surface area contributed by atoms with Gasteiger partial charge in [0, 0.05) is 24.1 Å². The molecule has 0 radical (unpaired) electrons. The summed E-state index contributed by atoms with van der Waals surface area (Å²) < 4.78 is 10.4. The van der Waals surface area contributed by atoms with Crippen molar-refractivity contribution in [3.63, 3.8) is 0 Å². The highest BCUT2D eigenvalue weighted by atomic mass is 16.6. The second kappa shape index (κ2) is 7.97. The van der Waals surface area contributed by atoms with Gasteiger partial charge in [-0.1, -0.05) is 13.0 Å². The number of benzene rings is 1. The lowest BCUT2D eigenvalue weighted by Crippen LogP contribution is -2.19. The van der Waals surface area contributed by atoms with Crippen LogP contribution in [0.25, 0.3) is 6.08 Å². The maximum atomic E-state index is 11.9. The van der Waals surface area contributed by atoms with Crippen molar-refractivity contribution < 1.29 is 19.2 Å². The number of aliphatic hydroxyl groups excluding tert-OH is 1. The van der Waals surface area contributed by atoms with Crippen LogP contribution in [0.3, 0.4) is 0 Å². The molecule has 0 saturated carbocycles. The molecule has 2 aromatic rings.